The lowest BCUT2D eigenvalue weighted by Gasteiger charge is -2.09. The van der Waals surface area contributed by atoms with E-state index in [2.05, 4.69) is 5.10 Å². The second kappa shape index (κ2) is 5.60. The first kappa shape index (κ1) is 14.3. The van der Waals surface area contributed by atoms with E-state index in [4.69, 9.17) is 4.74 Å². The van der Waals surface area contributed by atoms with E-state index in [1.807, 2.05) is 12.1 Å². The molecule has 5 heteroatoms. The Morgan fingerprint density at radius 1 is 1.23 bits per heavy atom. The van der Waals surface area contributed by atoms with E-state index in [1.165, 1.54) is 12.3 Å². The number of nitrogens with zero attached hydrogens (tertiary/aromatic N) is 2. The van der Waals surface area contributed by atoms with Crippen molar-refractivity contribution >= 4 is 16.7 Å². The second-order valence-electron chi connectivity index (χ2n) is 4.89. The highest BCUT2D eigenvalue weighted by Crippen LogP contribution is 2.25. The van der Waals surface area contributed by atoms with Gasteiger partial charge in [0.2, 0.25) is 0 Å². The Bertz CT molecular complexity index is 855. The van der Waals surface area contributed by atoms with Crippen molar-refractivity contribution in [3.63, 3.8) is 0 Å². The highest BCUT2D eigenvalue weighted by molar-refractivity contribution is 5.93. The molecule has 4 nitrogen and oxygen atoms in total. The van der Waals surface area contributed by atoms with Gasteiger partial charge in [0.05, 0.1) is 24.2 Å². The van der Waals surface area contributed by atoms with E-state index in [0.29, 0.717) is 23.3 Å². The fourth-order valence-corrected chi connectivity index (χ4v) is 2.50. The molecule has 0 spiro atoms. The Morgan fingerprint density at radius 2 is 1.95 bits per heavy atom. The summed E-state index contributed by atoms with van der Waals surface area (Å²) in [6, 6.07) is 10.2. The average molecular weight is 298 g/mol. The van der Waals surface area contributed by atoms with E-state index in [-0.39, 0.29) is 5.82 Å². The van der Waals surface area contributed by atoms with Crippen LogP contribution in [-0.2, 0) is 4.74 Å². The molecule has 3 aromatic rings. The standard InChI is InChI=1S/C17H15FN2O2/c1-3-22-17(21)14-10-19-20(11(14)2)16-9-5-6-12-13(16)7-4-8-15(12)18/h4-10H,3H2,1-2H3. The van der Waals surface area contributed by atoms with Crippen LogP contribution < -0.4 is 0 Å². The molecule has 1 heterocycles. The summed E-state index contributed by atoms with van der Waals surface area (Å²) in [5.74, 6) is -0.688. The monoisotopic (exact) mass is 298 g/mol. The van der Waals surface area contributed by atoms with Crippen LogP contribution in [0.4, 0.5) is 4.39 Å². The first-order chi connectivity index (χ1) is 10.6. The Balaban J connectivity index is 2.17. The summed E-state index contributed by atoms with van der Waals surface area (Å²) in [5, 5.41) is 5.52. The van der Waals surface area contributed by atoms with Gasteiger partial charge in [-0.15, -0.1) is 0 Å². The quantitative estimate of drug-likeness (QED) is 0.693. The van der Waals surface area contributed by atoms with Gasteiger partial charge in [-0.1, -0.05) is 24.3 Å². The summed E-state index contributed by atoms with van der Waals surface area (Å²) >= 11 is 0. The van der Waals surface area contributed by atoms with E-state index in [0.717, 1.165) is 11.1 Å². The predicted octanol–water partition coefficient (Wildman–Crippen LogP) is 3.65. The maximum atomic E-state index is 13.9. The van der Waals surface area contributed by atoms with E-state index < -0.39 is 5.97 Å². The molecule has 0 bridgehead atoms. The van der Waals surface area contributed by atoms with Crippen LogP contribution in [0.3, 0.4) is 0 Å². The second-order valence-corrected chi connectivity index (χ2v) is 4.89. The topological polar surface area (TPSA) is 44.1 Å². The number of carbonyl (C=O) groups is 1. The summed E-state index contributed by atoms with van der Waals surface area (Å²) in [7, 11) is 0. The van der Waals surface area contributed by atoms with E-state index in [1.54, 1.807) is 36.7 Å². The number of hydrogen-bond donors (Lipinski definition) is 0. The van der Waals surface area contributed by atoms with Crippen molar-refractivity contribution in [1.29, 1.82) is 0 Å². The fraction of sp³-hybridized carbons (Fsp3) is 0.176. The molecule has 2 aromatic carbocycles. The molecule has 0 fully saturated rings. The molecule has 0 aliphatic rings. The lowest BCUT2D eigenvalue weighted by atomic mass is 10.1. The first-order valence-corrected chi connectivity index (χ1v) is 7.03. The van der Waals surface area contributed by atoms with Crippen LogP contribution >= 0.6 is 0 Å². The zero-order valence-corrected chi connectivity index (χ0v) is 12.3. The number of ether oxygens (including phenoxy) is 1. The molecule has 0 N–H and O–H groups in total. The summed E-state index contributed by atoms with van der Waals surface area (Å²) in [5.41, 5.74) is 1.80. The van der Waals surface area contributed by atoms with Gasteiger partial charge in [0.15, 0.2) is 0 Å². The van der Waals surface area contributed by atoms with Gasteiger partial charge in [0.1, 0.15) is 11.4 Å². The Labute approximate surface area is 127 Å². The average Bonchev–Trinajstić information content (AvgIpc) is 2.89. The van der Waals surface area contributed by atoms with Crippen LogP contribution in [0, 0.1) is 12.7 Å². The molecule has 0 aliphatic carbocycles. The zero-order chi connectivity index (χ0) is 15.7. The van der Waals surface area contributed by atoms with Gasteiger partial charge in [-0.3, -0.25) is 0 Å². The number of benzene rings is 2. The molecular weight excluding hydrogens is 283 g/mol. The highest BCUT2D eigenvalue weighted by atomic mass is 19.1. The summed E-state index contributed by atoms with van der Waals surface area (Å²) in [4.78, 5) is 11.9. The first-order valence-electron chi connectivity index (χ1n) is 7.03. The molecule has 112 valence electrons. The Hall–Kier alpha value is -2.69. The maximum Gasteiger partial charge on any atom is 0.341 e. The molecule has 0 amide bonds. The van der Waals surface area contributed by atoms with E-state index in [9.17, 15) is 9.18 Å². The Kier molecular flexibility index (Phi) is 3.63. The molecule has 22 heavy (non-hydrogen) atoms. The molecule has 0 aliphatic heterocycles. The number of esters is 1. The molecule has 0 saturated carbocycles. The molecular formula is C17H15FN2O2. The van der Waals surface area contributed by atoms with Crippen LogP contribution in [0.2, 0.25) is 0 Å². The smallest absolute Gasteiger partial charge is 0.341 e. The number of hydrogen-bond acceptors (Lipinski definition) is 3. The fourth-order valence-electron chi connectivity index (χ4n) is 2.50. The molecule has 0 saturated heterocycles. The molecule has 0 unspecified atom stereocenters. The summed E-state index contributed by atoms with van der Waals surface area (Å²) in [6.45, 7) is 3.85. The Morgan fingerprint density at radius 3 is 2.73 bits per heavy atom. The number of aromatic nitrogens is 2. The maximum absolute atomic E-state index is 13.9. The van der Waals surface area contributed by atoms with Gasteiger partial charge < -0.3 is 4.74 Å². The van der Waals surface area contributed by atoms with Gasteiger partial charge in [-0.25, -0.2) is 13.9 Å². The molecule has 0 atom stereocenters. The van der Waals surface area contributed by atoms with Crippen LogP contribution in [0.5, 0.6) is 0 Å². The number of rotatable bonds is 3. The van der Waals surface area contributed by atoms with Gasteiger partial charge in [0.25, 0.3) is 0 Å². The van der Waals surface area contributed by atoms with Gasteiger partial charge in [0, 0.05) is 10.8 Å². The minimum Gasteiger partial charge on any atom is -0.462 e. The zero-order valence-electron chi connectivity index (χ0n) is 12.3. The molecule has 0 radical (unpaired) electrons. The van der Waals surface area contributed by atoms with Crippen molar-refractivity contribution in [2.24, 2.45) is 0 Å². The molecule has 3 rings (SSSR count). The van der Waals surface area contributed by atoms with Crippen molar-refractivity contribution in [2.75, 3.05) is 6.61 Å². The third-order valence-electron chi connectivity index (χ3n) is 3.58. The van der Waals surface area contributed by atoms with Crippen LogP contribution in [-0.4, -0.2) is 22.4 Å². The normalized spacial score (nSPS) is 10.9. The predicted molar refractivity (Wildman–Crippen MR) is 81.7 cm³/mol. The lowest BCUT2D eigenvalue weighted by Crippen LogP contribution is -2.07. The third-order valence-corrected chi connectivity index (χ3v) is 3.58. The van der Waals surface area contributed by atoms with E-state index >= 15 is 0 Å². The summed E-state index contributed by atoms with van der Waals surface area (Å²) in [6.07, 6.45) is 1.48. The van der Waals surface area contributed by atoms with Gasteiger partial charge in [-0.05, 0) is 26.0 Å². The number of carbonyl (C=O) groups excluding carboxylic acids is 1. The van der Waals surface area contributed by atoms with Gasteiger partial charge in [-0.2, -0.15) is 5.10 Å². The highest BCUT2D eigenvalue weighted by Gasteiger charge is 2.17. The minimum absolute atomic E-state index is 0.283. The van der Waals surface area contributed by atoms with Crippen LogP contribution in [0.25, 0.3) is 16.5 Å². The van der Waals surface area contributed by atoms with Crippen molar-refractivity contribution in [3.8, 4) is 5.69 Å². The van der Waals surface area contributed by atoms with Crippen LogP contribution in [0.1, 0.15) is 23.0 Å². The lowest BCUT2D eigenvalue weighted by molar-refractivity contribution is 0.0525. The number of halogens is 1. The van der Waals surface area contributed by atoms with Crippen LogP contribution in [0.15, 0.2) is 42.6 Å². The number of fused-ring (bicyclic) bond motifs is 1. The van der Waals surface area contributed by atoms with Crippen molar-refractivity contribution < 1.29 is 13.9 Å². The van der Waals surface area contributed by atoms with Crippen molar-refractivity contribution in [3.05, 3.63) is 59.7 Å². The summed E-state index contributed by atoms with van der Waals surface area (Å²) < 4.78 is 20.6. The third kappa shape index (κ3) is 2.24. The molecule has 1 aromatic heterocycles. The largest absolute Gasteiger partial charge is 0.462 e. The van der Waals surface area contributed by atoms with Gasteiger partial charge >= 0.3 is 5.97 Å². The van der Waals surface area contributed by atoms with Crippen molar-refractivity contribution in [2.45, 2.75) is 13.8 Å². The minimum atomic E-state index is -0.405. The van der Waals surface area contributed by atoms with Crippen molar-refractivity contribution in [1.82, 2.24) is 9.78 Å². The SMILES string of the molecule is CCOC(=O)c1cnn(-c2cccc3c(F)cccc23)c1C.